The number of hydrogen-bond acceptors (Lipinski definition) is 5. The van der Waals surface area contributed by atoms with Crippen LogP contribution in [0.1, 0.15) is 39.3 Å². The van der Waals surface area contributed by atoms with Gasteiger partial charge in [-0.15, -0.1) is 0 Å². The number of aromatic nitrogens is 1. The zero-order valence-corrected chi connectivity index (χ0v) is 20.0. The lowest BCUT2D eigenvalue weighted by Gasteiger charge is -2.28. The summed E-state index contributed by atoms with van der Waals surface area (Å²) in [5, 5.41) is 5.57. The SMILES string of the molecule is COC(CNC(=O)c1c(C)[nH]c(C=C2C(=O)Nc3ccc(F)cc32)c1C)CC(=O)N1CCOCC1. The van der Waals surface area contributed by atoms with E-state index in [1.807, 2.05) is 0 Å². The first-order valence-electron chi connectivity index (χ1n) is 11.5. The van der Waals surface area contributed by atoms with Gasteiger partial charge in [0.05, 0.1) is 36.9 Å². The highest BCUT2D eigenvalue weighted by Gasteiger charge is 2.27. The van der Waals surface area contributed by atoms with Crippen LogP contribution in [0.4, 0.5) is 10.1 Å². The lowest BCUT2D eigenvalue weighted by molar-refractivity contribution is -0.137. The molecule has 9 nitrogen and oxygen atoms in total. The lowest BCUT2D eigenvalue weighted by atomic mass is 10.0. The highest BCUT2D eigenvalue weighted by Crippen LogP contribution is 2.34. The number of ether oxygens (including phenoxy) is 2. The summed E-state index contributed by atoms with van der Waals surface area (Å²) in [5.74, 6) is -1.13. The Kier molecular flexibility index (Phi) is 7.32. The number of fused-ring (bicyclic) bond motifs is 1. The second-order valence-electron chi connectivity index (χ2n) is 8.63. The van der Waals surface area contributed by atoms with E-state index in [2.05, 4.69) is 15.6 Å². The van der Waals surface area contributed by atoms with Crippen LogP contribution < -0.4 is 10.6 Å². The first kappa shape index (κ1) is 24.6. The van der Waals surface area contributed by atoms with Gasteiger partial charge >= 0.3 is 0 Å². The third kappa shape index (κ3) is 5.28. The quantitative estimate of drug-likeness (QED) is 0.522. The minimum atomic E-state index is -0.468. The number of rotatable bonds is 7. The van der Waals surface area contributed by atoms with Crippen LogP contribution in [0.25, 0.3) is 11.6 Å². The summed E-state index contributed by atoms with van der Waals surface area (Å²) >= 11 is 0. The van der Waals surface area contributed by atoms with Crippen LogP contribution in [0, 0.1) is 19.7 Å². The molecular formula is C25H29FN4O5. The molecule has 3 N–H and O–H groups in total. The maximum atomic E-state index is 13.8. The van der Waals surface area contributed by atoms with Gasteiger partial charge in [-0.2, -0.15) is 0 Å². The second kappa shape index (κ2) is 10.4. The summed E-state index contributed by atoms with van der Waals surface area (Å²) in [7, 11) is 1.51. The standard InChI is InChI=1S/C25H29FN4O5/c1-14-21(12-19-18-10-16(26)4-5-20(18)29-24(19)32)28-15(2)23(14)25(33)27-13-17(34-3)11-22(31)30-6-8-35-9-7-30/h4-5,10,12,17,28H,6-9,11,13H2,1-3H3,(H,27,33)(H,29,32). The third-order valence-corrected chi connectivity index (χ3v) is 6.35. The van der Waals surface area contributed by atoms with Crippen molar-refractivity contribution >= 4 is 35.1 Å². The van der Waals surface area contributed by atoms with Crippen molar-refractivity contribution in [1.82, 2.24) is 15.2 Å². The molecule has 1 aromatic heterocycles. The van der Waals surface area contributed by atoms with Gasteiger partial charge in [0.2, 0.25) is 5.91 Å². The summed E-state index contributed by atoms with van der Waals surface area (Å²) in [4.78, 5) is 42.8. The van der Waals surface area contributed by atoms with Crippen LogP contribution in [-0.2, 0) is 19.1 Å². The predicted octanol–water partition coefficient (Wildman–Crippen LogP) is 2.26. The van der Waals surface area contributed by atoms with E-state index in [9.17, 15) is 18.8 Å². The molecule has 2 aliphatic heterocycles. The van der Waals surface area contributed by atoms with E-state index in [0.29, 0.717) is 65.6 Å². The normalized spacial score (nSPS) is 17.3. The van der Waals surface area contributed by atoms with E-state index in [0.717, 1.165) is 0 Å². The Balaban J connectivity index is 1.46. The minimum Gasteiger partial charge on any atom is -0.379 e. The number of nitrogens with zero attached hydrogens (tertiary/aromatic N) is 1. The van der Waals surface area contributed by atoms with Crippen molar-refractivity contribution in [2.75, 3.05) is 45.3 Å². The van der Waals surface area contributed by atoms with Gasteiger partial charge in [-0.3, -0.25) is 14.4 Å². The van der Waals surface area contributed by atoms with Gasteiger partial charge < -0.3 is 30.0 Å². The fraction of sp³-hybridized carbons (Fsp3) is 0.400. The Hall–Kier alpha value is -3.50. The number of carbonyl (C=O) groups is 3. The molecule has 0 radical (unpaired) electrons. The van der Waals surface area contributed by atoms with Gasteiger partial charge in [0.15, 0.2) is 0 Å². The molecule has 1 unspecified atom stereocenters. The third-order valence-electron chi connectivity index (χ3n) is 6.35. The number of morpholine rings is 1. The number of aryl methyl sites for hydroxylation is 1. The Morgan fingerprint density at radius 3 is 2.74 bits per heavy atom. The van der Waals surface area contributed by atoms with E-state index in [1.165, 1.54) is 25.3 Å². The molecule has 0 bridgehead atoms. The minimum absolute atomic E-state index is 0.0381. The van der Waals surface area contributed by atoms with Crippen molar-refractivity contribution < 1.29 is 28.2 Å². The Labute approximate surface area is 202 Å². The molecule has 2 aliphatic rings. The van der Waals surface area contributed by atoms with E-state index in [-0.39, 0.29) is 30.7 Å². The van der Waals surface area contributed by atoms with E-state index < -0.39 is 11.9 Å². The van der Waals surface area contributed by atoms with Crippen molar-refractivity contribution in [3.8, 4) is 0 Å². The number of methoxy groups -OCH3 is 1. The monoisotopic (exact) mass is 484 g/mol. The topological polar surface area (TPSA) is 113 Å². The number of H-pyrrole nitrogens is 1. The van der Waals surface area contributed by atoms with Gasteiger partial charge in [-0.05, 0) is 43.7 Å². The molecule has 3 heterocycles. The molecule has 1 fully saturated rings. The van der Waals surface area contributed by atoms with Gasteiger partial charge in [0, 0.05) is 49.4 Å². The van der Waals surface area contributed by atoms with Crippen LogP contribution in [0.3, 0.4) is 0 Å². The summed E-state index contributed by atoms with van der Waals surface area (Å²) in [6, 6.07) is 4.11. The smallest absolute Gasteiger partial charge is 0.256 e. The number of hydrogen-bond donors (Lipinski definition) is 3. The molecule has 1 aromatic carbocycles. The largest absolute Gasteiger partial charge is 0.379 e. The summed E-state index contributed by atoms with van der Waals surface area (Å²) in [6.45, 7) is 5.86. The number of benzene rings is 1. The maximum Gasteiger partial charge on any atom is 0.256 e. The molecule has 0 spiro atoms. The zero-order valence-electron chi connectivity index (χ0n) is 20.0. The molecule has 0 aliphatic carbocycles. The highest BCUT2D eigenvalue weighted by molar-refractivity contribution is 6.34. The highest BCUT2D eigenvalue weighted by atomic mass is 19.1. The number of amides is 3. The van der Waals surface area contributed by atoms with Crippen LogP contribution >= 0.6 is 0 Å². The zero-order chi connectivity index (χ0) is 25.1. The van der Waals surface area contributed by atoms with Crippen molar-refractivity contribution in [2.45, 2.75) is 26.4 Å². The summed E-state index contributed by atoms with van der Waals surface area (Å²) in [5.41, 5.74) is 3.65. The van der Waals surface area contributed by atoms with Gasteiger partial charge in [0.1, 0.15) is 5.82 Å². The molecule has 1 atom stereocenters. The molecule has 4 rings (SSSR count). The fourth-order valence-corrected chi connectivity index (χ4v) is 4.38. The van der Waals surface area contributed by atoms with Crippen LogP contribution in [0.15, 0.2) is 18.2 Å². The van der Waals surface area contributed by atoms with Crippen molar-refractivity contribution in [3.05, 3.63) is 52.1 Å². The van der Waals surface area contributed by atoms with Crippen molar-refractivity contribution in [3.63, 3.8) is 0 Å². The second-order valence-corrected chi connectivity index (χ2v) is 8.63. The van der Waals surface area contributed by atoms with E-state index in [4.69, 9.17) is 9.47 Å². The number of carbonyl (C=O) groups excluding carboxylic acids is 3. The average molecular weight is 485 g/mol. The van der Waals surface area contributed by atoms with Crippen molar-refractivity contribution in [2.24, 2.45) is 0 Å². The Morgan fingerprint density at radius 1 is 1.29 bits per heavy atom. The Bertz CT molecular complexity index is 1180. The molecule has 2 aromatic rings. The first-order chi connectivity index (χ1) is 16.8. The molecule has 186 valence electrons. The molecule has 3 amide bonds. The molecular weight excluding hydrogens is 455 g/mol. The first-order valence-corrected chi connectivity index (χ1v) is 11.5. The van der Waals surface area contributed by atoms with E-state index in [1.54, 1.807) is 24.8 Å². The van der Waals surface area contributed by atoms with Crippen LogP contribution in [0.2, 0.25) is 0 Å². The molecule has 1 saturated heterocycles. The summed E-state index contributed by atoms with van der Waals surface area (Å²) < 4.78 is 24.4. The van der Waals surface area contributed by atoms with Gasteiger partial charge in [0.25, 0.3) is 11.8 Å². The number of anilines is 1. The predicted molar refractivity (Wildman–Crippen MR) is 128 cm³/mol. The van der Waals surface area contributed by atoms with Gasteiger partial charge in [-0.25, -0.2) is 4.39 Å². The van der Waals surface area contributed by atoms with Crippen molar-refractivity contribution in [1.29, 1.82) is 0 Å². The van der Waals surface area contributed by atoms with Gasteiger partial charge in [-0.1, -0.05) is 0 Å². The van der Waals surface area contributed by atoms with Crippen LogP contribution in [0.5, 0.6) is 0 Å². The number of halogens is 1. The van der Waals surface area contributed by atoms with Crippen LogP contribution in [-0.4, -0.2) is 73.7 Å². The number of nitrogens with one attached hydrogen (secondary N) is 3. The average Bonchev–Trinajstić information content (AvgIpc) is 3.31. The number of aromatic amines is 1. The molecule has 0 saturated carbocycles. The lowest BCUT2D eigenvalue weighted by Crippen LogP contribution is -2.43. The van der Waals surface area contributed by atoms with E-state index >= 15 is 0 Å². The summed E-state index contributed by atoms with van der Waals surface area (Å²) in [6.07, 6.45) is 1.31. The Morgan fingerprint density at radius 2 is 2.03 bits per heavy atom. The molecule has 10 heteroatoms. The maximum absolute atomic E-state index is 13.8. The fourth-order valence-electron chi connectivity index (χ4n) is 4.38. The molecule has 35 heavy (non-hydrogen) atoms.